The Labute approximate surface area is 195 Å². The smallest absolute Gasteiger partial charge is 0.354 e. The number of aromatic nitrogens is 3. The van der Waals surface area contributed by atoms with Gasteiger partial charge in [0.15, 0.2) is 9.92 Å². The van der Waals surface area contributed by atoms with Gasteiger partial charge >= 0.3 is 6.03 Å². The molecule has 12 heteroatoms. The van der Waals surface area contributed by atoms with Crippen molar-refractivity contribution in [2.45, 2.75) is 43.7 Å². The first-order valence-corrected chi connectivity index (χ1v) is 12.3. The first kappa shape index (κ1) is 22.3. The van der Waals surface area contributed by atoms with Crippen LogP contribution in [0.4, 0.5) is 14.9 Å². The monoisotopic (exact) mass is 486 g/mol. The summed E-state index contributed by atoms with van der Waals surface area (Å²) in [6.07, 6.45) is 4.56. The fourth-order valence-electron chi connectivity index (χ4n) is 4.37. The van der Waals surface area contributed by atoms with Crippen LogP contribution in [0, 0.1) is 5.82 Å². The van der Waals surface area contributed by atoms with E-state index in [-0.39, 0.29) is 22.7 Å². The van der Waals surface area contributed by atoms with Crippen molar-refractivity contribution in [3.8, 4) is 22.9 Å². The van der Waals surface area contributed by atoms with E-state index < -0.39 is 15.9 Å². The molecule has 2 amide bonds. The Balaban J connectivity index is 1.55. The van der Waals surface area contributed by atoms with Crippen LogP contribution in [0.5, 0.6) is 11.8 Å². The number of anilines is 1. The number of fused-ring (bicyclic) bond motifs is 2. The van der Waals surface area contributed by atoms with Gasteiger partial charge in [-0.05, 0) is 55.0 Å². The topological polar surface area (TPSA) is 134 Å². The third kappa shape index (κ3) is 3.88. The minimum absolute atomic E-state index is 0.0513. The van der Waals surface area contributed by atoms with Gasteiger partial charge in [0.25, 0.3) is 0 Å². The van der Waals surface area contributed by atoms with E-state index >= 15 is 0 Å². The molecule has 34 heavy (non-hydrogen) atoms. The maximum absolute atomic E-state index is 14.9. The zero-order chi connectivity index (χ0) is 24.0. The first-order valence-electron chi connectivity index (χ1n) is 10.7. The number of pyridine rings is 1. The Morgan fingerprint density at radius 3 is 2.97 bits per heavy atom. The van der Waals surface area contributed by atoms with Gasteiger partial charge in [-0.3, -0.25) is 0 Å². The highest BCUT2D eigenvalue weighted by Crippen LogP contribution is 2.40. The zero-order valence-electron chi connectivity index (χ0n) is 18.6. The van der Waals surface area contributed by atoms with Crippen LogP contribution in [0.3, 0.4) is 0 Å². The molecule has 1 aliphatic heterocycles. The fourth-order valence-corrected chi connectivity index (χ4v) is 5.36. The lowest BCUT2D eigenvalue weighted by Crippen LogP contribution is -2.19. The van der Waals surface area contributed by atoms with E-state index in [4.69, 9.17) is 14.6 Å². The van der Waals surface area contributed by atoms with Crippen LogP contribution >= 0.6 is 0 Å². The molecule has 2 aromatic heterocycles. The summed E-state index contributed by atoms with van der Waals surface area (Å²) in [5.74, 6) is 0.232. The summed E-state index contributed by atoms with van der Waals surface area (Å²) in [7, 11) is -2.17. The van der Waals surface area contributed by atoms with Crippen LogP contribution in [-0.2, 0) is 29.3 Å². The molecule has 1 aliphatic carbocycles. The summed E-state index contributed by atoms with van der Waals surface area (Å²) in [6.45, 7) is 2.32. The normalized spacial score (nSPS) is 17.9. The molecular weight excluding hydrogens is 463 g/mol. The number of ether oxygens (including phenoxy) is 2. The molecule has 3 N–H and O–H groups in total. The number of amides is 2. The Bertz CT molecular complexity index is 1430. The van der Waals surface area contributed by atoms with E-state index in [0.29, 0.717) is 53.2 Å². The minimum atomic E-state index is -3.64. The van der Waals surface area contributed by atoms with Gasteiger partial charge in [-0.15, -0.1) is 4.36 Å². The van der Waals surface area contributed by atoms with Crippen molar-refractivity contribution in [3.63, 3.8) is 0 Å². The van der Waals surface area contributed by atoms with Crippen molar-refractivity contribution in [1.82, 2.24) is 14.8 Å². The lowest BCUT2D eigenvalue weighted by Gasteiger charge is -2.16. The number of rotatable bonds is 4. The third-order valence-corrected chi connectivity index (χ3v) is 7.22. The number of carbonyl (C=O) groups is 1. The summed E-state index contributed by atoms with van der Waals surface area (Å²) >= 11 is 0. The number of urea groups is 1. The third-order valence-electron chi connectivity index (χ3n) is 5.87. The van der Waals surface area contributed by atoms with Gasteiger partial charge in [0.1, 0.15) is 16.8 Å². The molecule has 3 aromatic rings. The summed E-state index contributed by atoms with van der Waals surface area (Å²) in [5, 5.41) is 12.8. The van der Waals surface area contributed by atoms with Gasteiger partial charge in [-0.25, -0.2) is 28.2 Å². The molecule has 2 atom stereocenters. The lowest BCUT2D eigenvalue weighted by molar-refractivity contribution is 0.248. The van der Waals surface area contributed by atoms with Crippen molar-refractivity contribution in [3.05, 3.63) is 47.5 Å². The molecule has 10 nitrogen and oxygen atoms in total. The number of halogens is 1. The van der Waals surface area contributed by atoms with Gasteiger partial charge in [-0.1, -0.05) is 0 Å². The summed E-state index contributed by atoms with van der Waals surface area (Å²) in [4.78, 5) is 17.1. The van der Waals surface area contributed by atoms with Crippen LogP contribution in [0.1, 0.15) is 24.5 Å². The molecule has 0 spiro atoms. The van der Waals surface area contributed by atoms with Crippen LogP contribution in [0.2, 0.25) is 0 Å². The van der Waals surface area contributed by atoms with Crippen molar-refractivity contribution in [1.29, 1.82) is 0 Å². The Kier molecular flexibility index (Phi) is 5.48. The van der Waals surface area contributed by atoms with Crippen molar-refractivity contribution in [2.24, 2.45) is 9.50 Å². The molecule has 0 radical (unpaired) electrons. The molecule has 1 aromatic carbocycles. The summed E-state index contributed by atoms with van der Waals surface area (Å²) < 4.78 is 44.2. The van der Waals surface area contributed by atoms with Gasteiger partial charge < -0.3 is 14.8 Å². The molecule has 2 aliphatic rings. The first-order chi connectivity index (χ1) is 16.3. The Morgan fingerprint density at radius 1 is 1.38 bits per heavy atom. The number of hydrogen-bond acceptors (Lipinski definition) is 6. The van der Waals surface area contributed by atoms with Gasteiger partial charge in [0, 0.05) is 17.8 Å². The molecular formula is C22H23FN6O4S. The number of carbonyl (C=O) groups excluding carboxylic acids is 1. The largest absolute Gasteiger partial charge is 0.481 e. The SMILES string of the molecule is COc1cc(-c2cc(F)c3c(c2NC(=O)N=S(N)(=O)c2cnn4c2O[C@@H](C)C4)CCC3)ccn1. The van der Waals surface area contributed by atoms with Gasteiger partial charge in [-0.2, -0.15) is 5.10 Å². The molecule has 0 fully saturated rings. The molecule has 1 unspecified atom stereocenters. The van der Waals surface area contributed by atoms with Crippen LogP contribution < -0.4 is 19.9 Å². The quantitative estimate of drug-likeness (QED) is 0.581. The fraction of sp³-hybridized carbons (Fsp3) is 0.318. The van der Waals surface area contributed by atoms with E-state index in [0.717, 1.165) is 6.42 Å². The average molecular weight is 487 g/mol. The lowest BCUT2D eigenvalue weighted by atomic mass is 9.97. The van der Waals surface area contributed by atoms with Crippen molar-refractivity contribution < 1.29 is 22.9 Å². The van der Waals surface area contributed by atoms with Gasteiger partial charge in [0.05, 0.1) is 25.5 Å². The van der Waals surface area contributed by atoms with E-state index in [1.54, 1.807) is 12.1 Å². The highest BCUT2D eigenvalue weighted by atomic mass is 32.2. The second-order valence-corrected chi connectivity index (χ2v) is 9.95. The highest BCUT2D eigenvalue weighted by Gasteiger charge is 2.29. The Morgan fingerprint density at radius 2 is 2.18 bits per heavy atom. The molecule has 0 bridgehead atoms. The maximum Gasteiger partial charge on any atom is 0.354 e. The second kappa shape index (κ2) is 8.37. The predicted molar refractivity (Wildman–Crippen MR) is 123 cm³/mol. The molecule has 0 saturated heterocycles. The van der Waals surface area contributed by atoms with E-state index in [9.17, 15) is 13.4 Å². The number of nitrogens with zero attached hydrogens (tertiary/aromatic N) is 4. The standard InChI is InChI=1S/C22H23FN6O4S/c1-12-11-29-21(33-12)18(10-26-29)34(24,31)28-22(30)27-20-15-5-3-4-14(15)17(23)9-16(20)13-6-7-25-19(8-13)32-2/h6-10,12H,3-5,11H2,1-2H3,(H3,24,27,28,30,31)/t12-,34?/m0/s1. The number of methoxy groups -OCH3 is 1. The second-order valence-electron chi connectivity index (χ2n) is 8.19. The highest BCUT2D eigenvalue weighted by molar-refractivity contribution is 7.91. The molecule has 178 valence electrons. The number of benzene rings is 1. The van der Waals surface area contributed by atoms with Crippen molar-refractivity contribution in [2.75, 3.05) is 12.4 Å². The number of nitrogens with one attached hydrogen (secondary N) is 1. The Hall–Kier alpha value is -3.51. The maximum atomic E-state index is 14.9. The van der Waals surface area contributed by atoms with Crippen molar-refractivity contribution >= 4 is 21.6 Å². The van der Waals surface area contributed by atoms with E-state index in [1.165, 1.54) is 30.3 Å². The average Bonchev–Trinajstić information content (AvgIpc) is 3.51. The minimum Gasteiger partial charge on any atom is -0.481 e. The molecule has 3 heterocycles. The number of hydrogen-bond donors (Lipinski definition) is 2. The summed E-state index contributed by atoms with van der Waals surface area (Å²) in [5.41, 5.74) is 2.67. The zero-order valence-corrected chi connectivity index (χ0v) is 19.4. The van der Waals surface area contributed by atoms with Crippen LogP contribution in [0.15, 0.2) is 39.9 Å². The predicted octanol–water partition coefficient (Wildman–Crippen LogP) is 3.30. The van der Waals surface area contributed by atoms with Gasteiger partial charge in [0.2, 0.25) is 11.8 Å². The van der Waals surface area contributed by atoms with Crippen LogP contribution in [0.25, 0.3) is 11.1 Å². The van der Waals surface area contributed by atoms with E-state index in [2.05, 4.69) is 19.8 Å². The van der Waals surface area contributed by atoms with E-state index in [1.807, 2.05) is 6.92 Å². The molecule has 0 saturated carbocycles. The summed E-state index contributed by atoms with van der Waals surface area (Å²) in [6, 6.07) is 3.78. The molecule has 5 rings (SSSR count). The van der Waals surface area contributed by atoms with Crippen LogP contribution in [-0.4, -0.2) is 38.2 Å². The number of nitrogens with two attached hydrogens (primary N) is 1.